The van der Waals surface area contributed by atoms with Crippen LogP contribution in [-0.2, 0) is 33.3 Å². The predicted molar refractivity (Wildman–Crippen MR) is 341 cm³/mol. The van der Waals surface area contributed by atoms with Gasteiger partial charge in [-0.15, -0.1) is 0 Å². The van der Waals surface area contributed by atoms with Gasteiger partial charge in [0.2, 0.25) is 0 Å². The van der Waals surface area contributed by atoms with E-state index in [9.17, 15) is 19.5 Å². The second kappa shape index (κ2) is 62.6. The number of hydrogen-bond donors (Lipinski definition) is 1. The van der Waals surface area contributed by atoms with Crippen molar-refractivity contribution in [3.8, 4) is 0 Å². The Balaban J connectivity index is 4.06. The molecule has 9 nitrogen and oxygen atoms in total. The van der Waals surface area contributed by atoms with Crippen LogP contribution in [0, 0.1) is 0 Å². The highest BCUT2D eigenvalue weighted by molar-refractivity contribution is 5.71. The van der Waals surface area contributed by atoms with Crippen molar-refractivity contribution >= 4 is 17.9 Å². The number of hydrogen-bond acceptors (Lipinski definition) is 7. The molecule has 9 heteroatoms. The van der Waals surface area contributed by atoms with E-state index in [-0.39, 0.29) is 38.2 Å². The van der Waals surface area contributed by atoms with E-state index in [4.69, 9.17) is 18.9 Å². The third-order valence-electron chi connectivity index (χ3n) is 15.6. The van der Waals surface area contributed by atoms with E-state index < -0.39 is 18.4 Å². The van der Waals surface area contributed by atoms with Gasteiger partial charge in [0.15, 0.2) is 6.10 Å². The number of rotatable bonds is 65. The molecule has 0 saturated carbocycles. The lowest BCUT2D eigenvalue weighted by atomic mass is 10.0. The van der Waals surface area contributed by atoms with Crippen LogP contribution in [-0.4, -0.2) is 87.4 Å². The van der Waals surface area contributed by atoms with Crippen LogP contribution in [0.4, 0.5) is 0 Å². The van der Waals surface area contributed by atoms with Crippen LogP contribution in [0.15, 0.2) is 36.5 Å². The molecule has 2 atom stereocenters. The van der Waals surface area contributed by atoms with Gasteiger partial charge in [0.05, 0.1) is 34.4 Å². The molecule has 1 N–H and O–H groups in total. The third kappa shape index (κ3) is 63.1. The highest BCUT2D eigenvalue weighted by Gasteiger charge is 2.25. The Bertz CT molecular complexity index is 1410. The summed E-state index contributed by atoms with van der Waals surface area (Å²) in [6.45, 7) is 4.93. The van der Waals surface area contributed by atoms with E-state index in [0.717, 1.165) is 51.4 Å². The standard InChI is InChI=1S/C71H133NO8/c1-6-8-10-12-14-16-18-20-22-24-26-28-30-31-32-33-34-35-36-37-38-39-40-42-44-46-48-50-52-54-56-58-60-62-69(74)80-67(66-79-71(70(75)76)77-64-63-72(3,4)5)65-78-68(73)61-59-57-55-53-51-49-47-45-43-41-29-27-25-23-21-19-17-15-13-11-9-7-2/h18,20,24,26,30-31,67,71H,6-17,19,21-23,25,27-29,32-66H2,1-5H3/p+1/b20-18-,26-24-,31-30-. The highest BCUT2D eigenvalue weighted by atomic mass is 16.7. The summed E-state index contributed by atoms with van der Waals surface area (Å²) in [5.74, 6) is -1.98. The zero-order valence-corrected chi connectivity index (χ0v) is 53.8. The van der Waals surface area contributed by atoms with Crippen molar-refractivity contribution in [3.05, 3.63) is 36.5 Å². The number of carboxylic acid groups (broad SMARTS) is 1. The van der Waals surface area contributed by atoms with E-state index in [0.29, 0.717) is 17.4 Å². The van der Waals surface area contributed by atoms with Gasteiger partial charge in [-0.2, -0.15) is 0 Å². The lowest BCUT2D eigenvalue weighted by molar-refractivity contribution is -0.870. The highest BCUT2D eigenvalue weighted by Crippen LogP contribution is 2.18. The molecule has 0 heterocycles. The number of carbonyl (C=O) groups is 3. The average Bonchev–Trinajstić information content (AvgIpc) is 3.43. The summed E-state index contributed by atoms with van der Waals surface area (Å²) in [5.41, 5.74) is 0. The fourth-order valence-corrected chi connectivity index (χ4v) is 10.3. The molecule has 0 radical (unpaired) electrons. The normalized spacial score (nSPS) is 12.9. The summed E-state index contributed by atoms with van der Waals surface area (Å²) in [7, 11) is 5.99. The number of nitrogens with zero attached hydrogens (tertiary/aromatic N) is 1. The number of allylic oxidation sites excluding steroid dienone is 6. The molecule has 0 aliphatic carbocycles. The number of carbonyl (C=O) groups excluding carboxylic acids is 2. The van der Waals surface area contributed by atoms with Gasteiger partial charge in [-0.1, -0.05) is 314 Å². The zero-order valence-electron chi connectivity index (χ0n) is 53.8. The predicted octanol–water partition coefficient (Wildman–Crippen LogP) is 21.2. The van der Waals surface area contributed by atoms with Crippen LogP contribution in [0.3, 0.4) is 0 Å². The number of ether oxygens (including phenoxy) is 4. The van der Waals surface area contributed by atoms with Crippen molar-refractivity contribution in [2.24, 2.45) is 0 Å². The first-order chi connectivity index (χ1) is 39.1. The molecule has 0 aromatic heterocycles. The summed E-state index contributed by atoms with van der Waals surface area (Å²) in [5, 5.41) is 9.74. The summed E-state index contributed by atoms with van der Waals surface area (Å²) in [4.78, 5) is 37.6. The molecule has 0 amide bonds. The number of aliphatic carboxylic acids is 1. The second-order valence-electron chi connectivity index (χ2n) is 24.8. The van der Waals surface area contributed by atoms with E-state index >= 15 is 0 Å². The van der Waals surface area contributed by atoms with Gasteiger partial charge in [0.1, 0.15) is 13.2 Å². The second-order valence-corrected chi connectivity index (χ2v) is 24.8. The van der Waals surface area contributed by atoms with Crippen molar-refractivity contribution < 1.29 is 42.9 Å². The molecule has 0 fully saturated rings. The van der Waals surface area contributed by atoms with Gasteiger partial charge in [-0.25, -0.2) is 4.79 Å². The zero-order chi connectivity index (χ0) is 58.3. The SMILES string of the molecule is CCCCCCC/C=C\C/C=C\C/C=C\CCCCCCCCCCCCCCCCCCCCC(=O)OC(COC(=O)CCCCCCCCCCCCCCCCCCCCCCCC)COC(OCC[N+](C)(C)C)C(=O)O. The Hall–Kier alpha value is -2.49. The van der Waals surface area contributed by atoms with E-state index in [1.54, 1.807) is 0 Å². The lowest BCUT2D eigenvalue weighted by Crippen LogP contribution is -2.40. The smallest absolute Gasteiger partial charge is 0.361 e. The average molecular weight is 1130 g/mol. The van der Waals surface area contributed by atoms with Crippen LogP contribution < -0.4 is 0 Å². The van der Waals surface area contributed by atoms with E-state index in [2.05, 4.69) is 50.3 Å². The Morgan fingerprint density at radius 2 is 0.675 bits per heavy atom. The van der Waals surface area contributed by atoms with Crippen LogP contribution in [0.1, 0.15) is 341 Å². The minimum Gasteiger partial charge on any atom is -0.477 e. The molecule has 0 aromatic rings. The van der Waals surface area contributed by atoms with Crippen LogP contribution in [0.2, 0.25) is 0 Å². The first kappa shape index (κ1) is 77.5. The quantitative estimate of drug-likeness (QED) is 0.0211. The first-order valence-corrected chi connectivity index (χ1v) is 34.7. The Kier molecular flexibility index (Phi) is 60.6. The molecular weight excluding hydrogens is 995 g/mol. The number of unbranched alkanes of at least 4 members (excludes halogenated alkanes) is 44. The molecule has 80 heavy (non-hydrogen) atoms. The lowest BCUT2D eigenvalue weighted by Gasteiger charge is -2.25. The molecule has 0 saturated heterocycles. The molecule has 0 aliphatic rings. The Labute approximate surface area is 496 Å². The monoisotopic (exact) mass is 1130 g/mol. The molecule has 0 aliphatic heterocycles. The largest absolute Gasteiger partial charge is 0.477 e. The summed E-state index contributed by atoms with van der Waals surface area (Å²) in [6, 6.07) is 0. The van der Waals surface area contributed by atoms with Gasteiger partial charge in [-0.05, 0) is 51.4 Å². The molecule has 2 unspecified atom stereocenters. The number of likely N-dealkylation sites (N-methyl/N-ethyl adjacent to an activating group) is 1. The van der Waals surface area contributed by atoms with Gasteiger partial charge in [-0.3, -0.25) is 9.59 Å². The Morgan fingerprint density at radius 3 is 1.00 bits per heavy atom. The van der Waals surface area contributed by atoms with Crippen LogP contribution in [0.5, 0.6) is 0 Å². The Morgan fingerprint density at radius 1 is 0.375 bits per heavy atom. The van der Waals surface area contributed by atoms with Crippen LogP contribution >= 0.6 is 0 Å². The maximum atomic E-state index is 12.9. The fraction of sp³-hybridized carbons (Fsp3) is 0.873. The molecule has 0 rings (SSSR count). The molecule has 0 aromatic carbocycles. The summed E-state index contributed by atoms with van der Waals surface area (Å²) < 4.78 is 23.0. The van der Waals surface area contributed by atoms with Crippen molar-refractivity contribution in [3.63, 3.8) is 0 Å². The van der Waals surface area contributed by atoms with Crippen molar-refractivity contribution in [1.82, 2.24) is 0 Å². The molecule has 470 valence electrons. The van der Waals surface area contributed by atoms with Gasteiger partial charge < -0.3 is 28.5 Å². The van der Waals surface area contributed by atoms with E-state index in [1.807, 2.05) is 21.1 Å². The van der Waals surface area contributed by atoms with E-state index in [1.165, 1.54) is 263 Å². The molecular formula is C71H134NO8+. The van der Waals surface area contributed by atoms with Crippen molar-refractivity contribution in [2.75, 3.05) is 47.5 Å². The topological polar surface area (TPSA) is 108 Å². The fourth-order valence-electron chi connectivity index (χ4n) is 10.3. The number of carboxylic acids is 1. The summed E-state index contributed by atoms with van der Waals surface area (Å²) in [6.07, 6.45) is 75.4. The third-order valence-corrected chi connectivity index (χ3v) is 15.6. The van der Waals surface area contributed by atoms with Gasteiger partial charge >= 0.3 is 17.9 Å². The number of esters is 2. The van der Waals surface area contributed by atoms with Crippen LogP contribution in [0.25, 0.3) is 0 Å². The first-order valence-electron chi connectivity index (χ1n) is 34.7. The van der Waals surface area contributed by atoms with Gasteiger partial charge in [0, 0.05) is 12.8 Å². The van der Waals surface area contributed by atoms with Crippen molar-refractivity contribution in [2.45, 2.75) is 354 Å². The maximum Gasteiger partial charge on any atom is 0.361 e. The van der Waals surface area contributed by atoms with Crippen molar-refractivity contribution in [1.29, 1.82) is 0 Å². The molecule has 0 bridgehead atoms. The van der Waals surface area contributed by atoms with Gasteiger partial charge in [0.25, 0.3) is 6.29 Å². The minimum absolute atomic E-state index is 0.176. The molecule has 0 spiro atoms. The minimum atomic E-state index is -1.51. The number of quaternary nitrogens is 1. The summed E-state index contributed by atoms with van der Waals surface area (Å²) >= 11 is 0. The maximum absolute atomic E-state index is 12.9.